The van der Waals surface area contributed by atoms with Crippen molar-refractivity contribution in [3.8, 4) is 5.69 Å². The monoisotopic (exact) mass is 453 g/mol. The second-order valence-electron chi connectivity index (χ2n) is 7.43. The fraction of sp³-hybridized carbons (Fsp3) is 0.0870. The predicted octanol–water partition coefficient (Wildman–Crippen LogP) is 4.37. The molecule has 0 saturated heterocycles. The van der Waals surface area contributed by atoms with E-state index in [2.05, 4.69) is 35.9 Å². The largest absolute Gasteiger partial charge is 0.361 e. The van der Waals surface area contributed by atoms with Gasteiger partial charge in [-0.2, -0.15) is 21.3 Å². The summed E-state index contributed by atoms with van der Waals surface area (Å²) >= 11 is 1.63. The van der Waals surface area contributed by atoms with Crippen LogP contribution in [-0.2, 0) is 13.1 Å². The molecule has 5 aromatic heterocycles. The van der Waals surface area contributed by atoms with Gasteiger partial charge < -0.3 is 15.6 Å². The highest BCUT2D eigenvalue weighted by atomic mass is 32.1. The van der Waals surface area contributed by atoms with Gasteiger partial charge in [-0.1, -0.05) is 18.2 Å². The third-order valence-electron chi connectivity index (χ3n) is 5.22. The van der Waals surface area contributed by atoms with Gasteiger partial charge in [-0.3, -0.25) is 9.55 Å². The Morgan fingerprint density at radius 2 is 1.94 bits per heavy atom. The van der Waals surface area contributed by atoms with Crippen molar-refractivity contribution < 1.29 is 0 Å². The number of hydrogen-bond donors (Lipinski definition) is 3. The zero-order valence-electron chi connectivity index (χ0n) is 17.4. The first-order chi connectivity index (χ1) is 16.3. The van der Waals surface area contributed by atoms with Gasteiger partial charge in [0.2, 0.25) is 5.95 Å². The van der Waals surface area contributed by atoms with Crippen LogP contribution in [0.2, 0.25) is 0 Å². The minimum atomic E-state index is 0.480. The molecule has 33 heavy (non-hydrogen) atoms. The maximum atomic E-state index is 4.76. The van der Waals surface area contributed by atoms with E-state index in [0.717, 1.165) is 33.8 Å². The lowest BCUT2D eigenvalue weighted by Crippen LogP contribution is -2.09. The van der Waals surface area contributed by atoms with Gasteiger partial charge in [-0.25, -0.2) is 9.97 Å². The maximum Gasteiger partial charge on any atom is 0.227 e. The van der Waals surface area contributed by atoms with Crippen molar-refractivity contribution >= 4 is 45.3 Å². The van der Waals surface area contributed by atoms with Crippen molar-refractivity contribution in [1.29, 1.82) is 0 Å². The number of hydrogen-bond acceptors (Lipinski definition) is 8. The van der Waals surface area contributed by atoms with Crippen LogP contribution in [0.15, 0.2) is 71.9 Å². The Kier molecular flexibility index (Phi) is 4.89. The Bertz CT molecular complexity index is 1490. The molecule has 6 aromatic rings. The van der Waals surface area contributed by atoms with Crippen LogP contribution < -0.4 is 10.6 Å². The van der Waals surface area contributed by atoms with Gasteiger partial charge in [0.1, 0.15) is 12.2 Å². The molecule has 0 bridgehead atoms. The molecule has 0 atom stereocenters. The van der Waals surface area contributed by atoms with Crippen LogP contribution in [-0.4, -0.2) is 34.5 Å². The highest BCUT2D eigenvalue weighted by Crippen LogP contribution is 2.25. The molecule has 9 nitrogen and oxygen atoms in total. The number of anilines is 2. The number of imidazole rings is 2. The number of para-hydroxylation sites is 2. The standard InChI is InChI=1S/C23H19N9S/c1-2-6-18-17(5-1)28-19(29-18)12-25-21-20-22(32(14-27-20)16-7-9-33-13-16)31-23(30-21)26-11-15-4-3-8-24-10-15/h1-10,13-14H,11-12H2,(H,28,29)(H2,25,26,30,31). The fourth-order valence-electron chi connectivity index (χ4n) is 3.63. The summed E-state index contributed by atoms with van der Waals surface area (Å²) in [6.45, 7) is 1.04. The van der Waals surface area contributed by atoms with E-state index < -0.39 is 0 Å². The lowest BCUT2D eigenvalue weighted by atomic mass is 10.3. The number of nitrogens with zero attached hydrogens (tertiary/aromatic N) is 6. The molecule has 0 saturated carbocycles. The van der Waals surface area contributed by atoms with E-state index in [1.807, 2.05) is 58.6 Å². The normalized spacial score (nSPS) is 11.3. The molecule has 0 amide bonds. The summed E-state index contributed by atoms with van der Waals surface area (Å²) in [5.41, 5.74) is 5.42. The SMILES string of the molecule is c1cncc(CNc2nc(NCc3nc4ccccc4[nH]3)c3ncn(-c4ccsc4)c3n2)c1. The van der Waals surface area contributed by atoms with E-state index in [-0.39, 0.29) is 0 Å². The average molecular weight is 454 g/mol. The number of aromatic nitrogens is 7. The third kappa shape index (κ3) is 3.87. The van der Waals surface area contributed by atoms with Gasteiger partial charge in [0.05, 0.1) is 23.3 Å². The summed E-state index contributed by atoms with van der Waals surface area (Å²) in [6.07, 6.45) is 5.35. The van der Waals surface area contributed by atoms with Crippen molar-refractivity contribution in [2.24, 2.45) is 0 Å². The smallest absolute Gasteiger partial charge is 0.227 e. The number of nitrogens with one attached hydrogen (secondary N) is 3. The molecule has 0 aliphatic carbocycles. The van der Waals surface area contributed by atoms with Crippen molar-refractivity contribution in [2.45, 2.75) is 13.1 Å². The van der Waals surface area contributed by atoms with Crippen LogP contribution in [0.5, 0.6) is 0 Å². The number of H-pyrrole nitrogens is 1. The molecule has 0 radical (unpaired) electrons. The second kappa shape index (κ2) is 8.32. The summed E-state index contributed by atoms with van der Waals surface area (Å²) < 4.78 is 1.97. The lowest BCUT2D eigenvalue weighted by molar-refractivity contribution is 0.987. The lowest BCUT2D eigenvalue weighted by Gasteiger charge is -2.10. The van der Waals surface area contributed by atoms with E-state index in [1.165, 1.54) is 0 Å². The molecule has 0 aliphatic rings. The Balaban J connectivity index is 1.34. The van der Waals surface area contributed by atoms with E-state index in [9.17, 15) is 0 Å². The minimum absolute atomic E-state index is 0.480. The molecule has 5 heterocycles. The molecule has 162 valence electrons. The summed E-state index contributed by atoms with van der Waals surface area (Å²) in [6, 6.07) is 13.9. The number of thiophene rings is 1. The molecular formula is C23H19N9S. The first-order valence-electron chi connectivity index (χ1n) is 10.4. The Hall–Kier alpha value is -4.31. The summed E-state index contributed by atoms with van der Waals surface area (Å²) in [5, 5.41) is 10.8. The molecular weight excluding hydrogens is 434 g/mol. The van der Waals surface area contributed by atoms with Gasteiger partial charge in [0.15, 0.2) is 17.0 Å². The van der Waals surface area contributed by atoms with E-state index in [1.54, 1.807) is 23.9 Å². The van der Waals surface area contributed by atoms with Gasteiger partial charge in [-0.05, 0) is 35.2 Å². The Morgan fingerprint density at radius 1 is 0.970 bits per heavy atom. The van der Waals surface area contributed by atoms with Crippen molar-refractivity contribution in [3.05, 3.63) is 83.3 Å². The average Bonchev–Trinajstić information content (AvgIpc) is 3.61. The fourth-order valence-corrected chi connectivity index (χ4v) is 4.25. The number of benzene rings is 1. The molecule has 10 heteroatoms. The van der Waals surface area contributed by atoms with Gasteiger partial charge in [-0.15, -0.1) is 0 Å². The molecule has 1 aromatic carbocycles. The van der Waals surface area contributed by atoms with Crippen molar-refractivity contribution in [1.82, 2.24) is 34.5 Å². The van der Waals surface area contributed by atoms with Gasteiger partial charge in [0.25, 0.3) is 0 Å². The third-order valence-corrected chi connectivity index (χ3v) is 5.89. The van der Waals surface area contributed by atoms with Gasteiger partial charge >= 0.3 is 0 Å². The van der Waals surface area contributed by atoms with Crippen LogP contribution in [0.4, 0.5) is 11.8 Å². The topological polar surface area (TPSA) is 109 Å². The highest BCUT2D eigenvalue weighted by Gasteiger charge is 2.15. The van der Waals surface area contributed by atoms with Crippen LogP contribution in [0, 0.1) is 0 Å². The quantitative estimate of drug-likeness (QED) is 0.329. The number of fused-ring (bicyclic) bond motifs is 2. The van der Waals surface area contributed by atoms with Gasteiger partial charge in [0, 0.05) is 24.3 Å². The number of pyridine rings is 1. The van der Waals surface area contributed by atoms with E-state index >= 15 is 0 Å². The molecule has 3 N–H and O–H groups in total. The van der Waals surface area contributed by atoms with E-state index in [4.69, 9.17) is 9.97 Å². The van der Waals surface area contributed by atoms with Crippen molar-refractivity contribution in [2.75, 3.05) is 10.6 Å². The minimum Gasteiger partial charge on any atom is -0.361 e. The van der Waals surface area contributed by atoms with Crippen LogP contribution in [0.25, 0.3) is 27.9 Å². The predicted molar refractivity (Wildman–Crippen MR) is 130 cm³/mol. The summed E-state index contributed by atoms with van der Waals surface area (Å²) in [5.74, 6) is 1.98. The number of rotatable bonds is 7. The highest BCUT2D eigenvalue weighted by molar-refractivity contribution is 7.08. The zero-order valence-corrected chi connectivity index (χ0v) is 18.3. The Labute approximate surface area is 192 Å². The van der Waals surface area contributed by atoms with Crippen molar-refractivity contribution in [3.63, 3.8) is 0 Å². The van der Waals surface area contributed by atoms with E-state index in [0.29, 0.717) is 30.4 Å². The summed E-state index contributed by atoms with van der Waals surface area (Å²) in [4.78, 5) is 26.2. The first kappa shape index (κ1) is 19.4. The van der Waals surface area contributed by atoms with Crippen LogP contribution >= 0.6 is 11.3 Å². The number of aromatic amines is 1. The van der Waals surface area contributed by atoms with Crippen LogP contribution in [0.3, 0.4) is 0 Å². The first-order valence-corrected chi connectivity index (χ1v) is 11.4. The second-order valence-corrected chi connectivity index (χ2v) is 8.21. The van der Waals surface area contributed by atoms with Crippen LogP contribution in [0.1, 0.15) is 11.4 Å². The molecule has 0 spiro atoms. The molecule has 6 rings (SSSR count). The zero-order chi connectivity index (χ0) is 22.0. The maximum absolute atomic E-state index is 4.76. The summed E-state index contributed by atoms with van der Waals surface area (Å²) in [7, 11) is 0. The molecule has 0 aliphatic heterocycles. The molecule has 0 fully saturated rings. The Morgan fingerprint density at radius 3 is 2.79 bits per heavy atom. The molecule has 0 unspecified atom stereocenters.